The van der Waals surface area contributed by atoms with Gasteiger partial charge in [0.15, 0.2) is 10.8 Å². The molecule has 3 aromatic rings. The lowest BCUT2D eigenvalue weighted by Gasteiger charge is -2.29. The number of hydrogen-bond acceptors (Lipinski definition) is 6. The number of rotatable bonds is 4. The van der Waals surface area contributed by atoms with Crippen molar-refractivity contribution >= 4 is 62.6 Å². The minimum absolute atomic E-state index is 0.0185. The van der Waals surface area contributed by atoms with Crippen molar-refractivity contribution in [2.24, 2.45) is 5.16 Å². The molecule has 0 spiro atoms. The number of benzene rings is 1. The number of aromatic nitrogens is 1. The lowest BCUT2D eigenvalue weighted by molar-refractivity contribution is -0.275. The van der Waals surface area contributed by atoms with E-state index < -0.39 is 36.0 Å². The molecule has 1 N–H and O–H groups in total. The standard InChI is InChI=1S/C20H11Cl2F6N3O2S2/c1-8-2-13(35-15(8)16(32)30-17-29-14(7-34-17)19(23,24)25)12-6-18(33-31-12,20(26,27)28)9-3-10(21)5-11(22)4-9/h2-5,7H,6H2,1H3,(H,29,30,32). The summed E-state index contributed by atoms with van der Waals surface area (Å²) in [4.78, 5) is 21.2. The number of halogens is 8. The Morgan fingerprint density at radius 1 is 1.11 bits per heavy atom. The van der Waals surface area contributed by atoms with Crippen LogP contribution in [0.15, 0.2) is 34.8 Å². The molecule has 15 heteroatoms. The van der Waals surface area contributed by atoms with Gasteiger partial charge < -0.3 is 4.84 Å². The van der Waals surface area contributed by atoms with Crippen LogP contribution in [0.25, 0.3) is 0 Å². The van der Waals surface area contributed by atoms with Gasteiger partial charge in [-0.05, 0) is 36.8 Å². The van der Waals surface area contributed by atoms with E-state index in [1.54, 1.807) is 0 Å². The van der Waals surface area contributed by atoms with Crippen LogP contribution in [-0.4, -0.2) is 22.8 Å². The fraction of sp³-hybridized carbons (Fsp3) is 0.250. The second-order valence-electron chi connectivity index (χ2n) is 7.40. The molecule has 1 amide bonds. The quantitative estimate of drug-likeness (QED) is 0.326. The third-order valence-corrected chi connectivity index (χ3v) is 7.42. The summed E-state index contributed by atoms with van der Waals surface area (Å²) in [7, 11) is 0. The monoisotopic (exact) mass is 573 g/mol. The van der Waals surface area contributed by atoms with E-state index in [1.165, 1.54) is 19.1 Å². The minimum atomic E-state index is -4.89. The zero-order chi connectivity index (χ0) is 25.8. The topological polar surface area (TPSA) is 63.6 Å². The Morgan fingerprint density at radius 2 is 1.77 bits per heavy atom. The molecular weight excluding hydrogens is 563 g/mol. The van der Waals surface area contributed by atoms with Crippen molar-refractivity contribution in [3.63, 3.8) is 0 Å². The van der Waals surface area contributed by atoms with Gasteiger partial charge in [0.1, 0.15) is 5.71 Å². The molecule has 3 heterocycles. The first-order valence-electron chi connectivity index (χ1n) is 9.43. The number of anilines is 1. The molecule has 0 saturated heterocycles. The van der Waals surface area contributed by atoms with Crippen LogP contribution in [-0.2, 0) is 16.6 Å². The number of hydrogen-bond donors (Lipinski definition) is 1. The van der Waals surface area contributed by atoms with Crippen molar-refractivity contribution < 1.29 is 36.0 Å². The number of oxime groups is 1. The molecule has 4 rings (SSSR count). The minimum Gasteiger partial charge on any atom is -0.374 e. The Hall–Kier alpha value is -2.35. The van der Waals surface area contributed by atoms with E-state index in [0.717, 1.165) is 28.8 Å². The molecule has 1 unspecified atom stereocenters. The number of nitrogens with zero attached hydrogens (tertiary/aromatic N) is 2. The highest BCUT2D eigenvalue weighted by Crippen LogP contribution is 2.50. The number of thiazole rings is 1. The van der Waals surface area contributed by atoms with Gasteiger partial charge in [0.05, 0.1) is 16.2 Å². The molecule has 1 atom stereocenters. The largest absolute Gasteiger partial charge is 0.435 e. The first-order valence-corrected chi connectivity index (χ1v) is 11.9. The summed E-state index contributed by atoms with van der Waals surface area (Å²) >= 11 is 13.2. The van der Waals surface area contributed by atoms with Crippen LogP contribution in [0.5, 0.6) is 0 Å². The summed E-state index contributed by atoms with van der Waals surface area (Å²) < 4.78 is 80.7. The molecule has 186 valence electrons. The molecule has 0 aliphatic carbocycles. The van der Waals surface area contributed by atoms with Crippen molar-refractivity contribution in [2.45, 2.75) is 31.3 Å². The molecular formula is C20H11Cl2F6N3O2S2. The number of carbonyl (C=O) groups is 1. The molecule has 5 nitrogen and oxygen atoms in total. The normalized spacial score (nSPS) is 18.4. The fourth-order valence-electron chi connectivity index (χ4n) is 3.29. The SMILES string of the molecule is Cc1cc(C2=NOC(c3cc(Cl)cc(Cl)c3)(C(F)(F)F)C2)sc1C(=O)Nc1nc(C(F)(F)F)cs1. The van der Waals surface area contributed by atoms with Crippen molar-refractivity contribution in [1.82, 2.24) is 4.98 Å². The van der Waals surface area contributed by atoms with Crippen LogP contribution < -0.4 is 5.32 Å². The summed E-state index contributed by atoms with van der Waals surface area (Å²) in [6, 6.07) is 4.89. The maximum atomic E-state index is 14.2. The zero-order valence-electron chi connectivity index (χ0n) is 17.1. The third kappa shape index (κ3) is 4.99. The summed E-state index contributed by atoms with van der Waals surface area (Å²) in [6.45, 7) is 1.53. The fourth-order valence-corrected chi connectivity index (χ4v) is 5.57. The third-order valence-electron chi connectivity index (χ3n) is 4.94. The van der Waals surface area contributed by atoms with Gasteiger partial charge >= 0.3 is 12.4 Å². The number of nitrogens with one attached hydrogen (secondary N) is 1. The average molecular weight is 574 g/mol. The van der Waals surface area contributed by atoms with Crippen molar-refractivity contribution in [1.29, 1.82) is 0 Å². The zero-order valence-corrected chi connectivity index (χ0v) is 20.3. The molecule has 1 aromatic carbocycles. The molecule has 0 radical (unpaired) electrons. The molecule has 35 heavy (non-hydrogen) atoms. The van der Waals surface area contributed by atoms with E-state index in [0.29, 0.717) is 16.9 Å². The van der Waals surface area contributed by atoms with Crippen LogP contribution >= 0.6 is 45.9 Å². The molecule has 0 bridgehead atoms. The molecule has 0 fully saturated rings. The van der Waals surface area contributed by atoms with Gasteiger partial charge in [0.2, 0.25) is 0 Å². The number of aryl methyl sites for hydroxylation is 1. The number of carbonyl (C=O) groups excluding carboxylic acids is 1. The Bertz CT molecular complexity index is 1310. The summed E-state index contributed by atoms with van der Waals surface area (Å²) in [5.74, 6) is -0.759. The van der Waals surface area contributed by atoms with Crippen LogP contribution in [0.2, 0.25) is 10.0 Å². The number of amides is 1. The van der Waals surface area contributed by atoms with E-state index in [4.69, 9.17) is 28.0 Å². The summed E-state index contributed by atoms with van der Waals surface area (Å²) in [5.41, 5.74) is -4.01. The van der Waals surface area contributed by atoms with Gasteiger partial charge in [0, 0.05) is 21.0 Å². The lowest BCUT2D eigenvalue weighted by Crippen LogP contribution is -2.42. The van der Waals surface area contributed by atoms with Gasteiger partial charge in [-0.3, -0.25) is 10.1 Å². The maximum absolute atomic E-state index is 14.2. The Labute approximate surface area is 211 Å². The lowest BCUT2D eigenvalue weighted by atomic mass is 9.88. The second kappa shape index (κ2) is 8.95. The highest BCUT2D eigenvalue weighted by molar-refractivity contribution is 7.16. The smallest absolute Gasteiger partial charge is 0.374 e. The highest BCUT2D eigenvalue weighted by atomic mass is 35.5. The van der Waals surface area contributed by atoms with Crippen LogP contribution in [0, 0.1) is 6.92 Å². The first-order chi connectivity index (χ1) is 16.2. The van der Waals surface area contributed by atoms with Crippen molar-refractivity contribution in [3.05, 3.63) is 66.3 Å². The molecule has 1 aliphatic heterocycles. The number of alkyl halides is 6. The number of thiophene rings is 1. The van der Waals surface area contributed by atoms with E-state index in [9.17, 15) is 31.1 Å². The molecule has 1 aliphatic rings. The molecule has 0 saturated carbocycles. The van der Waals surface area contributed by atoms with Crippen molar-refractivity contribution in [3.8, 4) is 0 Å². The van der Waals surface area contributed by atoms with E-state index >= 15 is 0 Å². The maximum Gasteiger partial charge on any atom is 0.435 e. The Balaban J connectivity index is 1.59. The van der Waals surface area contributed by atoms with Crippen LogP contribution in [0.4, 0.5) is 31.5 Å². The Kier molecular flexibility index (Phi) is 6.58. The summed E-state index contributed by atoms with van der Waals surface area (Å²) in [5, 5.41) is 6.36. The Morgan fingerprint density at radius 3 is 2.34 bits per heavy atom. The van der Waals surface area contributed by atoms with Crippen LogP contribution in [0.3, 0.4) is 0 Å². The second-order valence-corrected chi connectivity index (χ2v) is 10.2. The highest BCUT2D eigenvalue weighted by Gasteiger charge is 2.62. The van der Waals surface area contributed by atoms with Crippen molar-refractivity contribution in [2.75, 3.05) is 5.32 Å². The van der Waals surface area contributed by atoms with Gasteiger partial charge in [-0.25, -0.2) is 4.98 Å². The van der Waals surface area contributed by atoms with E-state index in [2.05, 4.69) is 15.5 Å². The van der Waals surface area contributed by atoms with E-state index in [1.807, 2.05) is 0 Å². The van der Waals surface area contributed by atoms with Gasteiger partial charge in [-0.1, -0.05) is 28.4 Å². The average Bonchev–Trinajstić information content (AvgIpc) is 3.44. The molecule has 2 aromatic heterocycles. The first kappa shape index (κ1) is 25.7. The predicted octanol–water partition coefficient (Wildman–Crippen LogP) is 7.67. The summed E-state index contributed by atoms with van der Waals surface area (Å²) in [6.07, 6.45) is -10.3. The van der Waals surface area contributed by atoms with Gasteiger partial charge in [-0.2, -0.15) is 26.3 Å². The van der Waals surface area contributed by atoms with E-state index in [-0.39, 0.29) is 36.2 Å². The predicted molar refractivity (Wildman–Crippen MR) is 121 cm³/mol. The van der Waals surface area contributed by atoms with Gasteiger partial charge in [-0.15, -0.1) is 22.7 Å². The van der Waals surface area contributed by atoms with Gasteiger partial charge in [0.25, 0.3) is 11.5 Å². The van der Waals surface area contributed by atoms with Crippen LogP contribution in [0.1, 0.15) is 37.8 Å².